The molecule has 0 radical (unpaired) electrons. The molecule has 1 saturated heterocycles. The molecule has 1 aliphatic rings. The Balaban J connectivity index is 1.44. The van der Waals surface area contributed by atoms with Crippen LogP contribution in [0.15, 0.2) is 59.6 Å². The number of methoxy groups -OCH3 is 1. The number of ether oxygens (including phenoxy) is 1. The summed E-state index contributed by atoms with van der Waals surface area (Å²) in [4.78, 5) is 21.1. The minimum absolute atomic E-state index is 0.0622. The number of carbonyl (C=O) groups excluding carboxylic acids is 1. The quantitative estimate of drug-likeness (QED) is 0.444. The van der Waals surface area contributed by atoms with Gasteiger partial charge < -0.3 is 25.2 Å². The second-order valence-corrected chi connectivity index (χ2v) is 6.74. The van der Waals surface area contributed by atoms with Crippen molar-refractivity contribution in [2.45, 2.75) is 0 Å². The molecule has 0 unspecified atom stereocenters. The van der Waals surface area contributed by atoms with Crippen LogP contribution in [0.1, 0.15) is 10.4 Å². The minimum Gasteiger partial charge on any atom is -0.495 e. The summed E-state index contributed by atoms with van der Waals surface area (Å²) in [6.07, 6.45) is 0. The molecule has 1 heterocycles. The van der Waals surface area contributed by atoms with E-state index in [2.05, 4.69) is 31.5 Å². The summed E-state index contributed by atoms with van der Waals surface area (Å²) in [5, 5.41) is 6.27. The molecule has 29 heavy (non-hydrogen) atoms. The highest BCUT2D eigenvalue weighted by molar-refractivity contribution is 5.94. The van der Waals surface area contributed by atoms with E-state index in [1.807, 2.05) is 48.5 Å². The number of amides is 1. The van der Waals surface area contributed by atoms with Gasteiger partial charge in [0.25, 0.3) is 5.91 Å². The monoisotopic (exact) mass is 395 g/mol. The van der Waals surface area contributed by atoms with Crippen LogP contribution < -0.4 is 20.3 Å². The number of nitrogens with zero attached hydrogens (tertiary/aromatic N) is 3. The van der Waals surface area contributed by atoms with Gasteiger partial charge >= 0.3 is 0 Å². The molecule has 154 valence electrons. The molecule has 0 spiro atoms. The van der Waals surface area contributed by atoms with E-state index in [1.165, 1.54) is 0 Å². The van der Waals surface area contributed by atoms with Crippen molar-refractivity contribution in [3.63, 3.8) is 0 Å². The molecule has 0 aliphatic carbocycles. The summed E-state index contributed by atoms with van der Waals surface area (Å²) >= 11 is 0. The number of nitrogens with one attached hydrogen (secondary N) is 2. The van der Waals surface area contributed by atoms with Gasteiger partial charge in [-0.25, -0.2) is 0 Å². The largest absolute Gasteiger partial charge is 0.495 e. The number of aliphatic imine (C=N–C) groups is 1. The number of piperazine rings is 1. The lowest BCUT2D eigenvalue weighted by Crippen LogP contribution is -2.53. The Kier molecular flexibility index (Phi) is 7.33. The summed E-state index contributed by atoms with van der Waals surface area (Å²) in [6, 6.07) is 17.3. The van der Waals surface area contributed by atoms with E-state index < -0.39 is 0 Å². The molecule has 1 amide bonds. The SMILES string of the molecule is CN=C(NCCNC(=O)c1ccccc1)N1CCN(c2ccccc2OC)CC1. The third kappa shape index (κ3) is 5.40. The van der Waals surface area contributed by atoms with Crippen molar-refractivity contribution in [2.24, 2.45) is 4.99 Å². The van der Waals surface area contributed by atoms with Gasteiger partial charge in [-0.05, 0) is 24.3 Å². The normalized spacial score (nSPS) is 14.5. The number of para-hydroxylation sites is 2. The van der Waals surface area contributed by atoms with E-state index in [-0.39, 0.29) is 5.91 Å². The Hall–Kier alpha value is -3.22. The van der Waals surface area contributed by atoms with Crippen LogP contribution in [0.2, 0.25) is 0 Å². The zero-order valence-corrected chi connectivity index (χ0v) is 17.1. The van der Waals surface area contributed by atoms with E-state index in [0.717, 1.165) is 43.6 Å². The van der Waals surface area contributed by atoms with E-state index in [4.69, 9.17) is 4.74 Å². The van der Waals surface area contributed by atoms with Crippen LogP contribution in [0, 0.1) is 0 Å². The number of benzene rings is 2. The summed E-state index contributed by atoms with van der Waals surface area (Å²) in [7, 11) is 3.49. The number of rotatable bonds is 6. The van der Waals surface area contributed by atoms with Gasteiger partial charge in [-0.3, -0.25) is 9.79 Å². The molecule has 7 heteroatoms. The first-order valence-electron chi connectivity index (χ1n) is 9.89. The predicted molar refractivity (Wildman–Crippen MR) is 117 cm³/mol. The second kappa shape index (κ2) is 10.4. The summed E-state index contributed by atoms with van der Waals surface area (Å²) in [6.45, 7) is 4.69. The molecule has 0 bridgehead atoms. The minimum atomic E-state index is -0.0622. The maximum atomic E-state index is 12.1. The third-order valence-electron chi connectivity index (χ3n) is 4.95. The van der Waals surface area contributed by atoms with E-state index in [1.54, 1.807) is 14.2 Å². The van der Waals surface area contributed by atoms with E-state index >= 15 is 0 Å². The van der Waals surface area contributed by atoms with Crippen molar-refractivity contribution in [3.05, 3.63) is 60.2 Å². The smallest absolute Gasteiger partial charge is 0.251 e. The zero-order valence-electron chi connectivity index (χ0n) is 17.1. The van der Waals surface area contributed by atoms with E-state index in [0.29, 0.717) is 18.7 Å². The first kappa shape index (κ1) is 20.5. The average molecular weight is 396 g/mol. The molecule has 1 fully saturated rings. The summed E-state index contributed by atoms with van der Waals surface area (Å²) in [5.74, 6) is 1.70. The molecule has 2 aromatic rings. The molecular weight excluding hydrogens is 366 g/mol. The van der Waals surface area contributed by atoms with Gasteiger partial charge in [-0.1, -0.05) is 30.3 Å². The molecule has 0 saturated carbocycles. The summed E-state index contributed by atoms with van der Waals surface area (Å²) in [5.41, 5.74) is 1.80. The molecule has 2 N–H and O–H groups in total. The van der Waals surface area contributed by atoms with Crippen LogP contribution in [0.3, 0.4) is 0 Å². The third-order valence-corrected chi connectivity index (χ3v) is 4.95. The topological polar surface area (TPSA) is 69.2 Å². The predicted octanol–water partition coefficient (Wildman–Crippen LogP) is 1.82. The first-order valence-corrected chi connectivity index (χ1v) is 9.89. The fraction of sp³-hybridized carbons (Fsp3) is 0.364. The molecule has 0 aromatic heterocycles. The van der Waals surface area contributed by atoms with Crippen LogP contribution in [-0.4, -0.2) is 70.2 Å². The Morgan fingerprint density at radius 1 is 0.966 bits per heavy atom. The Bertz CT molecular complexity index is 817. The van der Waals surface area contributed by atoms with Crippen molar-refractivity contribution < 1.29 is 9.53 Å². The number of guanidine groups is 1. The molecule has 0 atom stereocenters. The standard InChI is InChI=1S/C22H29N5O2/c1-23-22(25-13-12-24-21(28)18-8-4-3-5-9-18)27-16-14-26(15-17-27)19-10-6-7-11-20(19)29-2/h3-11H,12-17H2,1-2H3,(H,23,25)(H,24,28). The Morgan fingerprint density at radius 2 is 1.62 bits per heavy atom. The maximum absolute atomic E-state index is 12.1. The van der Waals surface area contributed by atoms with Crippen LogP contribution >= 0.6 is 0 Å². The highest BCUT2D eigenvalue weighted by Crippen LogP contribution is 2.28. The van der Waals surface area contributed by atoms with Gasteiger partial charge in [-0.15, -0.1) is 0 Å². The van der Waals surface area contributed by atoms with Crippen molar-refractivity contribution in [2.75, 3.05) is 58.3 Å². The van der Waals surface area contributed by atoms with Crippen LogP contribution in [0.4, 0.5) is 5.69 Å². The lowest BCUT2D eigenvalue weighted by atomic mass is 10.2. The molecule has 2 aromatic carbocycles. The fourth-order valence-electron chi connectivity index (χ4n) is 3.42. The number of anilines is 1. The van der Waals surface area contributed by atoms with E-state index in [9.17, 15) is 4.79 Å². The van der Waals surface area contributed by atoms with Gasteiger partial charge in [0.05, 0.1) is 12.8 Å². The number of hydrogen-bond donors (Lipinski definition) is 2. The fourth-order valence-corrected chi connectivity index (χ4v) is 3.42. The van der Waals surface area contributed by atoms with Crippen LogP contribution in [0.5, 0.6) is 5.75 Å². The number of carbonyl (C=O) groups is 1. The highest BCUT2D eigenvalue weighted by atomic mass is 16.5. The molecule has 3 rings (SSSR count). The van der Waals surface area contributed by atoms with Crippen LogP contribution in [-0.2, 0) is 0 Å². The van der Waals surface area contributed by atoms with Gasteiger partial charge in [0.2, 0.25) is 0 Å². The van der Waals surface area contributed by atoms with Gasteiger partial charge in [0, 0.05) is 51.9 Å². The Labute approximate surface area is 172 Å². The van der Waals surface area contributed by atoms with Gasteiger partial charge in [0.15, 0.2) is 5.96 Å². The van der Waals surface area contributed by atoms with Crippen molar-refractivity contribution in [3.8, 4) is 5.75 Å². The zero-order chi connectivity index (χ0) is 20.5. The molecule has 7 nitrogen and oxygen atoms in total. The van der Waals surface area contributed by atoms with Crippen molar-refractivity contribution >= 4 is 17.6 Å². The lowest BCUT2D eigenvalue weighted by Gasteiger charge is -2.38. The Morgan fingerprint density at radius 3 is 2.31 bits per heavy atom. The first-order chi connectivity index (χ1) is 14.2. The maximum Gasteiger partial charge on any atom is 0.251 e. The number of hydrogen-bond acceptors (Lipinski definition) is 4. The average Bonchev–Trinajstić information content (AvgIpc) is 2.79. The lowest BCUT2D eigenvalue weighted by molar-refractivity contribution is 0.0954. The van der Waals surface area contributed by atoms with Crippen molar-refractivity contribution in [1.29, 1.82) is 0 Å². The van der Waals surface area contributed by atoms with Crippen LogP contribution in [0.25, 0.3) is 0 Å². The molecular formula is C22H29N5O2. The summed E-state index contributed by atoms with van der Waals surface area (Å²) < 4.78 is 5.48. The van der Waals surface area contributed by atoms with Gasteiger partial charge in [0.1, 0.15) is 5.75 Å². The highest BCUT2D eigenvalue weighted by Gasteiger charge is 2.21. The van der Waals surface area contributed by atoms with Crippen molar-refractivity contribution in [1.82, 2.24) is 15.5 Å². The second-order valence-electron chi connectivity index (χ2n) is 6.74. The molecule has 1 aliphatic heterocycles. The van der Waals surface area contributed by atoms with Gasteiger partial charge in [-0.2, -0.15) is 0 Å².